The summed E-state index contributed by atoms with van der Waals surface area (Å²) in [4.78, 5) is 53.3. The van der Waals surface area contributed by atoms with Gasteiger partial charge in [0.1, 0.15) is 6.04 Å². The average Bonchev–Trinajstić information content (AvgIpc) is 3.18. The number of carbonyl (C=O) groups is 4. The molecule has 0 saturated carbocycles. The number of nitrogens with one attached hydrogen (secondary N) is 1. The van der Waals surface area contributed by atoms with Gasteiger partial charge in [0.15, 0.2) is 0 Å². The summed E-state index contributed by atoms with van der Waals surface area (Å²) < 4.78 is 0. The van der Waals surface area contributed by atoms with E-state index in [0.29, 0.717) is 37.5 Å². The van der Waals surface area contributed by atoms with Crippen molar-refractivity contribution in [2.45, 2.75) is 70.4 Å². The Balaban J connectivity index is 1.22. The quantitative estimate of drug-likeness (QED) is 0.668. The van der Waals surface area contributed by atoms with Crippen LogP contribution in [0.4, 0.5) is 0 Å². The summed E-state index contributed by atoms with van der Waals surface area (Å²) in [5.41, 5.74) is 4.73. The van der Waals surface area contributed by atoms with Crippen LogP contribution in [-0.4, -0.2) is 52.6 Å². The third-order valence-electron chi connectivity index (χ3n) is 7.80. The topological polar surface area (TPSA) is 86.8 Å². The Morgan fingerprint density at radius 1 is 0.944 bits per heavy atom. The lowest BCUT2D eigenvalue weighted by atomic mass is 9.86. The monoisotopic (exact) mass is 487 g/mol. The van der Waals surface area contributed by atoms with Crippen LogP contribution < -0.4 is 5.32 Å². The van der Waals surface area contributed by atoms with Crippen LogP contribution in [0.2, 0.25) is 0 Å². The Morgan fingerprint density at radius 3 is 2.28 bits per heavy atom. The summed E-state index contributed by atoms with van der Waals surface area (Å²) in [5.74, 6) is -0.424. The van der Waals surface area contributed by atoms with Gasteiger partial charge in [0.25, 0.3) is 11.8 Å². The van der Waals surface area contributed by atoms with Crippen molar-refractivity contribution in [2.24, 2.45) is 0 Å². The van der Waals surface area contributed by atoms with Crippen molar-refractivity contribution in [2.75, 3.05) is 13.1 Å². The molecule has 3 aliphatic rings. The molecule has 1 atom stereocenters. The molecule has 188 valence electrons. The van der Waals surface area contributed by atoms with Gasteiger partial charge in [0, 0.05) is 37.2 Å². The molecule has 2 aromatic rings. The fraction of sp³-hybridized carbons (Fsp3) is 0.448. The number of hydrogen-bond donors (Lipinski definition) is 1. The summed E-state index contributed by atoms with van der Waals surface area (Å²) in [5, 5.41) is 2.35. The molecule has 4 amide bonds. The molecule has 36 heavy (non-hydrogen) atoms. The van der Waals surface area contributed by atoms with Crippen LogP contribution in [0.25, 0.3) is 0 Å². The number of hydrogen-bond acceptors (Lipinski definition) is 4. The number of amides is 4. The van der Waals surface area contributed by atoms with Crippen LogP contribution >= 0.6 is 0 Å². The van der Waals surface area contributed by atoms with Gasteiger partial charge in [0.2, 0.25) is 11.8 Å². The van der Waals surface area contributed by atoms with Gasteiger partial charge in [-0.1, -0.05) is 45.0 Å². The van der Waals surface area contributed by atoms with Crippen LogP contribution in [0.15, 0.2) is 42.5 Å². The minimum absolute atomic E-state index is 0.0549. The average molecular weight is 488 g/mol. The number of piperidine rings is 2. The van der Waals surface area contributed by atoms with Crippen molar-refractivity contribution < 1.29 is 19.2 Å². The predicted molar refractivity (Wildman–Crippen MR) is 136 cm³/mol. The number of carbonyl (C=O) groups excluding carboxylic acids is 4. The maximum absolute atomic E-state index is 13.1. The molecular weight excluding hydrogens is 454 g/mol. The van der Waals surface area contributed by atoms with Crippen LogP contribution in [0, 0.1) is 0 Å². The molecule has 2 aromatic carbocycles. The Hall–Kier alpha value is -3.48. The molecule has 7 nitrogen and oxygen atoms in total. The van der Waals surface area contributed by atoms with E-state index >= 15 is 0 Å². The Morgan fingerprint density at radius 2 is 1.64 bits per heavy atom. The summed E-state index contributed by atoms with van der Waals surface area (Å²) >= 11 is 0. The first-order valence-corrected chi connectivity index (χ1v) is 12.8. The van der Waals surface area contributed by atoms with Crippen LogP contribution in [0.3, 0.4) is 0 Å². The number of fused-ring (bicyclic) bond motifs is 1. The van der Waals surface area contributed by atoms with Crippen molar-refractivity contribution in [3.05, 3.63) is 70.3 Å². The Kier molecular flexibility index (Phi) is 6.18. The van der Waals surface area contributed by atoms with Crippen molar-refractivity contribution in [1.82, 2.24) is 15.1 Å². The van der Waals surface area contributed by atoms with Gasteiger partial charge in [-0.15, -0.1) is 0 Å². The molecule has 2 fully saturated rings. The van der Waals surface area contributed by atoms with Gasteiger partial charge < -0.3 is 9.80 Å². The first-order chi connectivity index (χ1) is 17.1. The molecular formula is C29H33N3O4. The summed E-state index contributed by atoms with van der Waals surface area (Å²) in [6.07, 6.45) is 2.35. The third-order valence-corrected chi connectivity index (χ3v) is 7.80. The molecule has 5 rings (SSSR count). The normalized spacial score (nSPS) is 21.0. The Bertz CT molecular complexity index is 1220. The molecule has 0 aromatic heterocycles. The summed E-state index contributed by atoms with van der Waals surface area (Å²) in [6, 6.07) is 13.3. The predicted octanol–water partition coefficient (Wildman–Crippen LogP) is 3.76. The van der Waals surface area contributed by atoms with Crippen molar-refractivity contribution in [3.8, 4) is 0 Å². The summed E-state index contributed by atoms with van der Waals surface area (Å²) in [7, 11) is 0. The molecule has 2 saturated heterocycles. The fourth-order valence-corrected chi connectivity index (χ4v) is 5.56. The summed E-state index contributed by atoms with van der Waals surface area (Å²) in [6.45, 7) is 8.27. The van der Waals surface area contributed by atoms with E-state index in [-0.39, 0.29) is 29.6 Å². The highest BCUT2D eigenvalue weighted by Gasteiger charge is 2.39. The van der Waals surface area contributed by atoms with Crippen LogP contribution in [0.5, 0.6) is 0 Å². The smallest absolute Gasteiger partial charge is 0.255 e. The van der Waals surface area contributed by atoms with Gasteiger partial charge >= 0.3 is 0 Å². The van der Waals surface area contributed by atoms with E-state index in [2.05, 4.69) is 32.2 Å². The number of imide groups is 1. The zero-order valence-corrected chi connectivity index (χ0v) is 21.2. The van der Waals surface area contributed by atoms with Gasteiger partial charge in [-0.2, -0.15) is 0 Å². The standard InChI is InChI=1S/C29H33N3O4/c1-29(2,3)22-7-4-19(5-8-22)27(35)31-14-12-18(13-15-31)20-6-9-23-21(16-20)17-32(28(23)36)24-10-11-25(33)30-26(24)34/h4-9,16,18,24H,10-15,17H2,1-3H3,(H,30,33,34). The molecule has 0 aliphatic carbocycles. The molecule has 0 bridgehead atoms. The number of likely N-dealkylation sites (tertiary alicyclic amines) is 1. The lowest BCUT2D eigenvalue weighted by Gasteiger charge is -2.32. The molecule has 7 heteroatoms. The molecule has 3 aliphatic heterocycles. The van der Waals surface area contributed by atoms with Crippen LogP contribution in [-0.2, 0) is 21.5 Å². The molecule has 3 heterocycles. The second-order valence-corrected chi connectivity index (χ2v) is 11.2. The van der Waals surface area contributed by atoms with E-state index in [1.54, 1.807) is 4.90 Å². The second kappa shape index (κ2) is 9.19. The van der Waals surface area contributed by atoms with E-state index in [0.717, 1.165) is 24.0 Å². The van der Waals surface area contributed by atoms with E-state index in [4.69, 9.17) is 0 Å². The maximum atomic E-state index is 13.1. The zero-order chi connectivity index (χ0) is 25.6. The minimum Gasteiger partial charge on any atom is -0.339 e. The van der Waals surface area contributed by atoms with Gasteiger partial charge in [-0.05, 0) is 65.5 Å². The Labute approximate surface area is 211 Å². The number of nitrogens with zero attached hydrogens (tertiary/aromatic N) is 2. The lowest BCUT2D eigenvalue weighted by molar-refractivity contribution is -0.136. The highest BCUT2D eigenvalue weighted by atomic mass is 16.2. The largest absolute Gasteiger partial charge is 0.339 e. The molecule has 1 unspecified atom stereocenters. The van der Waals surface area contributed by atoms with E-state index in [1.165, 1.54) is 11.1 Å². The highest BCUT2D eigenvalue weighted by Crippen LogP contribution is 2.34. The molecule has 1 N–H and O–H groups in total. The SMILES string of the molecule is CC(C)(C)c1ccc(C(=O)N2CCC(c3ccc4c(c3)CN(C3CCC(=O)NC3=O)C4=O)CC2)cc1. The van der Waals surface area contributed by atoms with Crippen LogP contribution in [0.1, 0.15) is 89.8 Å². The third kappa shape index (κ3) is 4.54. The van der Waals surface area contributed by atoms with Crippen molar-refractivity contribution in [3.63, 3.8) is 0 Å². The van der Waals surface area contributed by atoms with E-state index in [1.807, 2.05) is 41.3 Å². The molecule has 0 spiro atoms. The number of rotatable bonds is 3. The number of benzene rings is 2. The maximum Gasteiger partial charge on any atom is 0.255 e. The zero-order valence-electron chi connectivity index (χ0n) is 21.2. The van der Waals surface area contributed by atoms with Crippen molar-refractivity contribution in [1.29, 1.82) is 0 Å². The first kappa shape index (κ1) is 24.2. The fourth-order valence-electron chi connectivity index (χ4n) is 5.56. The van der Waals surface area contributed by atoms with E-state index < -0.39 is 11.9 Å². The van der Waals surface area contributed by atoms with Gasteiger partial charge in [0.05, 0.1) is 0 Å². The van der Waals surface area contributed by atoms with Crippen molar-refractivity contribution >= 4 is 23.6 Å². The highest BCUT2D eigenvalue weighted by molar-refractivity contribution is 6.05. The second-order valence-electron chi connectivity index (χ2n) is 11.2. The van der Waals surface area contributed by atoms with E-state index in [9.17, 15) is 19.2 Å². The molecule has 0 radical (unpaired) electrons. The first-order valence-electron chi connectivity index (χ1n) is 12.8. The van der Waals surface area contributed by atoms with Gasteiger partial charge in [-0.25, -0.2) is 0 Å². The van der Waals surface area contributed by atoms with Gasteiger partial charge in [-0.3, -0.25) is 24.5 Å². The minimum atomic E-state index is -0.599. The lowest BCUT2D eigenvalue weighted by Crippen LogP contribution is -2.52.